The maximum atomic E-state index is 13.9. The van der Waals surface area contributed by atoms with Crippen LogP contribution in [0.5, 0.6) is 0 Å². The minimum absolute atomic E-state index is 0.0182. The molecule has 0 aromatic heterocycles. The molecule has 0 heterocycles. The van der Waals surface area contributed by atoms with Gasteiger partial charge in [0.25, 0.3) is 0 Å². The number of hydrogen-bond acceptors (Lipinski definition) is 13. The number of carbonyl (C=O) groups is 9. The van der Waals surface area contributed by atoms with Crippen molar-refractivity contribution in [2.24, 2.45) is 34.8 Å². The van der Waals surface area contributed by atoms with E-state index in [1.54, 1.807) is 13.8 Å². The predicted molar refractivity (Wildman–Crippen MR) is 221 cm³/mol. The molecule has 17 N–H and O–H groups in total. The number of amides is 8. The monoisotopic (exact) mass is 858 g/mol. The standard InChI is InChI=1S/C38H71N11O11/c1-20(2)17-27(33(55)43-19-29(42)51)47-35(57)25(12-8-10-16-40)44-36(58)26(13-14-30(52)53)46-34(56)24(11-7-9-15-39)45-37(59)28(18-21(3)4)48-38(60)31(23(6)50)49-32(54)22(5)41/h20-28,31,50H,7-19,39-41H2,1-6H3,(H2,42,51)(H,43,55)(H,44,58)(H,45,59)(H,46,56)(H,47,57)(H,48,60)(H,49,54)(H,52,53)/t22-,23+,24-,25-,26-,27-,28-,31-/m0/s1. The largest absolute Gasteiger partial charge is 0.481 e. The molecule has 0 saturated heterocycles. The molecule has 0 aliphatic rings. The summed E-state index contributed by atoms with van der Waals surface area (Å²) in [4.78, 5) is 116. The molecule has 0 aromatic carbocycles. The molecule has 0 radical (unpaired) electrons. The van der Waals surface area contributed by atoms with Gasteiger partial charge in [-0.05, 0) is 96.6 Å². The summed E-state index contributed by atoms with van der Waals surface area (Å²) in [5, 5.41) is 37.3. The van der Waals surface area contributed by atoms with Crippen LogP contribution in [0.25, 0.3) is 0 Å². The van der Waals surface area contributed by atoms with Crippen LogP contribution in [0.2, 0.25) is 0 Å². The minimum Gasteiger partial charge on any atom is -0.481 e. The van der Waals surface area contributed by atoms with E-state index in [9.17, 15) is 53.4 Å². The van der Waals surface area contributed by atoms with Gasteiger partial charge in [0.15, 0.2) is 0 Å². The van der Waals surface area contributed by atoms with E-state index >= 15 is 0 Å². The first-order chi connectivity index (χ1) is 28.0. The van der Waals surface area contributed by atoms with E-state index in [1.165, 1.54) is 13.8 Å². The summed E-state index contributed by atoms with van der Waals surface area (Å²) in [5.41, 5.74) is 22.1. The van der Waals surface area contributed by atoms with Gasteiger partial charge in [-0.15, -0.1) is 0 Å². The molecule has 0 aromatic rings. The molecule has 344 valence electrons. The molecule has 8 amide bonds. The molecule has 0 bridgehead atoms. The molecular formula is C38H71N11O11. The number of unbranched alkanes of at least 4 members (excludes halogenated alkanes) is 2. The molecule has 0 spiro atoms. The highest BCUT2D eigenvalue weighted by molar-refractivity contribution is 5.97. The number of rotatable bonds is 31. The molecule has 22 heteroatoms. The zero-order valence-electron chi connectivity index (χ0n) is 35.8. The lowest BCUT2D eigenvalue weighted by atomic mass is 10.0. The van der Waals surface area contributed by atoms with Crippen molar-refractivity contribution in [3.8, 4) is 0 Å². The number of carboxylic acid groups (broad SMARTS) is 1. The second-order valence-corrected chi connectivity index (χ2v) is 15.8. The third-order valence-corrected chi connectivity index (χ3v) is 9.03. The number of aliphatic hydroxyl groups is 1. The molecule has 8 atom stereocenters. The Morgan fingerprint density at radius 2 is 0.900 bits per heavy atom. The van der Waals surface area contributed by atoms with Crippen LogP contribution in [-0.2, 0) is 43.2 Å². The predicted octanol–water partition coefficient (Wildman–Crippen LogP) is -3.56. The number of primary amides is 1. The van der Waals surface area contributed by atoms with E-state index in [1.807, 2.05) is 13.8 Å². The Labute approximate surface area is 351 Å². The maximum Gasteiger partial charge on any atom is 0.303 e. The quantitative estimate of drug-likeness (QED) is 0.0300. The zero-order valence-corrected chi connectivity index (χ0v) is 35.8. The summed E-state index contributed by atoms with van der Waals surface area (Å²) in [6, 6.07) is -8.95. The van der Waals surface area contributed by atoms with Crippen LogP contribution in [0.15, 0.2) is 0 Å². The third kappa shape index (κ3) is 23.0. The molecule has 0 aliphatic carbocycles. The Bertz CT molecular complexity index is 1430. The lowest BCUT2D eigenvalue weighted by Gasteiger charge is -2.28. The van der Waals surface area contributed by atoms with Crippen LogP contribution >= 0.6 is 0 Å². The van der Waals surface area contributed by atoms with Crippen LogP contribution in [0, 0.1) is 11.8 Å². The van der Waals surface area contributed by atoms with E-state index in [-0.39, 0.29) is 50.6 Å². The van der Waals surface area contributed by atoms with Gasteiger partial charge >= 0.3 is 5.97 Å². The van der Waals surface area contributed by atoms with Crippen LogP contribution in [-0.4, -0.2) is 131 Å². The first-order valence-electron chi connectivity index (χ1n) is 20.5. The van der Waals surface area contributed by atoms with Gasteiger partial charge in [0.1, 0.15) is 36.3 Å². The Balaban J connectivity index is 6.54. The summed E-state index contributed by atoms with van der Waals surface area (Å²) in [6.07, 6.45) is -0.437. The van der Waals surface area contributed by atoms with Crippen molar-refractivity contribution in [1.29, 1.82) is 0 Å². The fraction of sp³-hybridized carbons (Fsp3) is 0.763. The van der Waals surface area contributed by atoms with Gasteiger partial charge in [-0.3, -0.25) is 43.2 Å². The minimum atomic E-state index is -1.52. The highest BCUT2D eigenvalue weighted by atomic mass is 16.4. The smallest absolute Gasteiger partial charge is 0.303 e. The van der Waals surface area contributed by atoms with Crippen LogP contribution in [0.4, 0.5) is 0 Å². The summed E-state index contributed by atoms with van der Waals surface area (Å²) < 4.78 is 0. The Hall–Kier alpha value is -4.93. The van der Waals surface area contributed by atoms with Crippen molar-refractivity contribution < 1.29 is 53.4 Å². The van der Waals surface area contributed by atoms with Crippen LogP contribution < -0.4 is 60.2 Å². The number of aliphatic hydroxyl groups excluding tert-OH is 1. The summed E-state index contributed by atoms with van der Waals surface area (Å²) in [6.45, 7) is 9.88. The van der Waals surface area contributed by atoms with Crippen molar-refractivity contribution >= 4 is 53.2 Å². The van der Waals surface area contributed by atoms with Crippen molar-refractivity contribution in [3.05, 3.63) is 0 Å². The summed E-state index contributed by atoms with van der Waals surface area (Å²) in [7, 11) is 0. The molecule has 0 fully saturated rings. The summed E-state index contributed by atoms with van der Waals surface area (Å²) in [5.74, 6) is -7.98. The van der Waals surface area contributed by atoms with Crippen LogP contribution in [0.1, 0.15) is 106 Å². The fourth-order valence-electron chi connectivity index (χ4n) is 5.80. The van der Waals surface area contributed by atoms with E-state index in [4.69, 9.17) is 22.9 Å². The SMILES string of the molecule is CC(C)C[C@H](NC(=O)[C@H](CCCCN)NC(=O)[C@H](CCC(=O)O)NC(=O)[C@H](CCCCN)NC(=O)[C@H](CC(C)C)NC(=O)[C@@H](NC(=O)[C@H](C)N)[C@@H](C)O)C(=O)NCC(N)=O. The van der Waals surface area contributed by atoms with E-state index < -0.39 is 121 Å². The maximum absolute atomic E-state index is 13.9. The van der Waals surface area contributed by atoms with Gasteiger partial charge in [-0.1, -0.05) is 27.7 Å². The number of hydrogen-bond donors (Lipinski definition) is 13. The lowest BCUT2D eigenvalue weighted by molar-refractivity contribution is -0.139. The molecule has 22 nitrogen and oxygen atoms in total. The van der Waals surface area contributed by atoms with Gasteiger partial charge in [0.2, 0.25) is 47.3 Å². The highest BCUT2D eigenvalue weighted by Gasteiger charge is 2.35. The Morgan fingerprint density at radius 1 is 0.517 bits per heavy atom. The van der Waals surface area contributed by atoms with Crippen molar-refractivity contribution in [2.75, 3.05) is 19.6 Å². The number of carbonyl (C=O) groups excluding carboxylic acids is 8. The first-order valence-corrected chi connectivity index (χ1v) is 20.5. The first kappa shape index (κ1) is 55.1. The topological polar surface area (TPSA) is 382 Å². The fourth-order valence-corrected chi connectivity index (χ4v) is 5.80. The van der Waals surface area contributed by atoms with Gasteiger partial charge in [0, 0.05) is 6.42 Å². The Kier molecular flexibility index (Phi) is 26.9. The van der Waals surface area contributed by atoms with Gasteiger partial charge < -0.3 is 70.4 Å². The molecular weight excluding hydrogens is 786 g/mol. The van der Waals surface area contributed by atoms with E-state index in [0.29, 0.717) is 25.7 Å². The number of carboxylic acids is 1. The van der Waals surface area contributed by atoms with Crippen molar-refractivity contribution in [1.82, 2.24) is 37.2 Å². The van der Waals surface area contributed by atoms with E-state index in [2.05, 4.69) is 37.2 Å². The lowest BCUT2D eigenvalue weighted by Crippen LogP contribution is -2.61. The number of aliphatic carboxylic acids is 1. The van der Waals surface area contributed by atoms with Gasteiger partial charge in [-0.2, -0.15) is 0 Å². The van der Waals surface area contributed by atoms with Crippen molar-refractivity contribution in [3.63, 3.8) is 0 Å². The average molecular weight is 858 g/mol. The molecule has 0 saturated carbocycles. The molecule has 0 unspecified atom stereocenters. The summed E-state index contributed by atoms with van der Waals surface area (Å²) >= 11 is 0. The normalized spacial score (nSPS) is 15.2. The zero-order chi connectivity index (χ0) is 46.1. The second kappa shape index (κ2) is 29.3. The number of nitrogens with two attached hydrogens (primary N) is 4. The van der Waals surface area contributed by atoms with Crippen LogP contribution in [0.3, 0.4) is 0 Å². The second-order valence-electron chi connectivity index (χ2n) is 15.8. The van der Waals surface area contributed by atoms with Crippen molar-refractivity contribution in [2.45, 2.75) is 154 Å². The molecule has 0 aliphatic heterocycles. The third-order valence-electron chi connectivity index (χ3n) is 9.03. The van der Waals surface area contributed by atoms with Gasteiger partial charge in [-0.25, -0.2) is 0 Å². The number of nitrogens with one attached hydrogen (secondary N) is 7. The molecule has 0 rings (SSSR count). The Morgan fingerprint density at radius 3 is 1.27 bits per heavy atom. The van der Waals surface area contributed by atoms with E-state index in [0.717, 1.165) is 0 Å². The highest BCUT2D eigenvalue weighted by Crippen LogP contribution is 2.12. The van der Waals surface area contributed by atoms with Gasteiger partial charge in [0.05, 0.1) is 18.7 Å². The average Bonchev–Trinajstić information content (AvgIpc) is 3.15. The molecule has 60 heavy (non-hydrogen) atoms.